The Labute approximate surface area is 142 Å². The molecule has 2 aromatic rings. The molecule has 130 valence electrons. The summed E-state index contributed by atoms with van der Waals surface area (Å²) in [7, 11) is 0. The Hall–Kier alpha value is -2.59. The largest absolute Gasteiger partial charge is 0.409 e. The number of amides is 1. The molecular formula is C18H16F3N3O. The number of nitrogens with zero attached hydrogens (tertiary/aromatic N) is 2. The molecule has 7 heteroatoms. The van der Waals surface area contributed by atoms with Crippen molar-refractivity contribution in [3.63, 3.8) is 0 Å². The van der Waals surface area contributed by atoms with E-state index in [2.05, 4.69) is 5.43 Å². The molecule has 1 saturated heterocycles. The average Bonchev–Trinajstić information content (AvgIpc) is 2.78. The van der Waals surface area contributed by atoms with Crippen LogP contribution in [-0.4, -0.2) is 22.6 Å². The molecule has 4 nitrogen and oxygen atoms in total. The number of nitriles is 1. The van der Waals surface area contributed by atoms with Crippen molar-refractivity contribution in [3.05, 3.63) is 47.5 Å². The third-order valence-corrected chi connectivity index (χ3v) is 4.37. The normalized spacial score (nSPS) is 18.8. The molecule has 1 aliphatic rings. The molecule has 0 unspecified atom stereocenters. The third-order valence-electron chi connectivity index (χ3n) is 4.37. The number of carbonyl (C=O) groups is 1. The Morgan fingerprint density at radius 1 is 1.20 bits per heavy atom. The molecule has 25 heavy (non-hydrogen) atoms. The summed E-state index contributed by atoms with van der Waals surface area (Å²) in [6.45, 7) is 3.20. The molecule has 1 heterocycles. The molecule has 1 atom stereocenters. The second-order valence-corrected chi connectivity index (χ2v) is 6.77. The first kappa shape index (κ1) is 17.2. The van der Waals surface area contributed by atoms with Gasteiger partial charge in [-0.05, 0) is 48.4 Å². The monoisotopic (exact) mass is 347 g/mol. The fraction of sp³-hybridized carbons (Fsp3) is 0.333. The number of alkyl halides is 3. The van der Waals surface area contributed by atoms with Crippen LogP contribution in [0.4, 0.5) is 13.2 Å². The topological polar surface area (TPSA) is 56.1 Å². The van der Waals surface area contributed by atoms with Crippen molar-refractivity contribution in [3.8, 4) is 6.07 Å². The minimum absolute atomic E-state index is 0.00130. The first-order chi connectivity index (χ1) is 11.6. The minimum Gasteiger partial charge on any atom is -0.287 e. The summed E-state index contributed by atoms with van der Waals surface area (Å²) in [6, 6.07) is 9.28. The number of hydrogen-bond acceptors (Lipinski definition) is 3. The lowest BCUT2D eigenvalue weighted by Gasteiger charge is -2.38. The van der Waals surface area contributed by atoms with E-state index >= 15 is 0 Å². The van der Waals surface area contributed by atoms with Crippen LogP contribution in [-0.2, 0) is 4.79 Å². The van der Waals surface area contributed by atoms with Gasteiger partial charge in [0, 0.05) is 12.0 Å². The van der Waals surface area contributed by atoms with Crippen molar-refractivity contribution in [2.45, 2.75) is 38.0 Å². The van der Waals surface area contributed by atoms with Gasteiger partial charge in [0.15, 0.2) is 6.04 Å². The van der Waals surface area contributed by atoms with Crippen LogP contribution in [0.2, 0.25) is 0 Å². The predicted molar refractivity (Wildman–Crippen MR) is 86.1 cm³/mol. The lowest BCUT2D eigenvalue weighted by atomic mass is 9.95. The van der Waals surface area contributed by atoms with Crippen molar-refractivity contribution >= 4 is 16.7 Å². The Balaban J connectivity index is 2.10. The standard InChI is InChI=1S/C18H16F3N3O/c1-17(2)9-15(25)23-24(17)16(18(19,20)21)14-6-5-12-7-11(10-22)3-4-13(12)8-14/h3-8,16H,9H2,1-2H3,(H,23,25)/t16-/m0/s1. The zero-order chi connectivity index (χ0) is 18.4. The van der Waals surface area contributed by atoms with Gasteiger partial charge in [-0.2, -0.15) is 23.4 Å². The number of fused-ring (bicyclic) bond motifs is 1. The molecule has 0 spiro atoms. The van der Waals surface area contributed by atoms with Gasteiger partial charge >= 0.3 is 6.18 Å². The quantitative estimate of drug-likeness (QED) is 0.898. The molecule has 0 radical (unpaired) electrons. The van der Waals surface area contributed by atoms with E-state index in [0.717, 1.165) is 5.01 Å². The van der Waals surface area contributed by atoms with E-state index in [4.69, 9.17) is 5.26 Å². The fourth-order valence-corrected chi connectivity index (χ4v) is 3.21. The van der Waals surface area contributed by atoms with Crippen molar-refractivity contribution in [2.75, 3.05) is 0 Å². The molecule has 0 aliphatic carbocycles. The van der Waals surface area contributed by atoms with Gasteiger partial charge in [0.1, 0.15) is 0 Å². The summed E-state index contributed by atoms with van der Waals surface area (Å²) in [5, 5.41) is 11.2. The summed E-state index contributed by atoms with van der Waals surface area (Å²) >= 11 is 0. The van der Waals surface area contributed by atoms with Crippen LogP contribution in [0, 0.1) is 11.3 Å². The van der Waals surface area contributed by atoms with Crippen LogP contribution in [0.5, 0.6) is 0 Å². The molecule has 3 rings (SSSR count). The SMILES string of the molecule is CC1(C)CC(=O)NN1[C@@H](c1ccc2cc(C#N)ccc2c1)C(F)(F)F. The van der Waals surface area contributed by atoms with Crippen LogP contribution in [0.3, 0.4) is 0 Å². The van der Waals surface area contributed by atoms with E-state index in [9.17, 15) is 18.0 Å². The van der Waals surface area contributed by atoms with Crippen molar-refractivity contribution in [1.82, 2.24) is 10.4 Å². The van der Waals surface area contributed by atoms with E-state index in [1.807, 2.05) is 6.07 Å². The maximum absolute atomic E-state index is 13.8. The molecule has 0 saturated carbocycles. The molecule has 2 aromatic carbocycles. The van der Waals surface area contributed by atoms with Gasteiger partial charge in [0.25, 0.3) is 0 Å². The molecular weight excluding hydrogens is 331 g/mol. The summed E-state index contributed by atoms with van der Waals surface area (Å²) in [4.78, 5) is 11.7. The number of carbonyl (C=O) groups excluding carboxylic acids is 1. The highest BCUT2D eigenvalue weighted by molar-refractivity contribution is 5.84. The third kappa shape index (κ3) is 3.17. The fourth-order valence-electron chi connectivity index (χ4n) is 3.21. The first-order valence-electron chi connectivity index (χ1n) is 7.71. The van der Waals surface area contributed by atoms with Crippen molar-refractivity contribution in [1.29, 1.82) is 5.26 Å². The number of benzene rings is 2. The summed E-state index contributed by atoms with van der Waals surface area (Å²) in [5.74, 6) is -0.432. The van der Waals surface area contributed by atoms with E-state index in [-0.39, 0.29) is 12.0 Å². The van der Waals surface area contributed by atoms with E-state index in [1.54, 1.807) is 38.1 Å². The van der Waals surface area contributed by atoms with E-state index < -0.39 is 23.7 Å². The van der Waals surface area contributed by atoms with Gasteiger partial charge in [0.05, 0.1) is 11.6 Å². The van der Waals surface area contributed by atoms with Gasteiger partial charge in [-0.1, -0.05) is 18.2 Å². The highest BCUT2D eigenvalue weighted by atomic mass is 19.4. The van der Waals surface area contributed by atoms with Crippen molar-refractivity contribution < 1.29 is 18.0 Å². The number of nitrogens with one attached hydrogen (secondary N) is 1. The minimum atomic E-state index is -4.56. The summed E-state index contributed by atoms with van der Waals surface area (Å²) < 4.78 is 41.4. The maximum Gasteiger partial charge on any atom is 0.409 e. The number of halogens is 3. The molecule has 1 aliphatic heterocycles. The van der Waals surface area contributed by atoms with Crippen LogP contribution in [0.1, 0.15) is 37.4 Å². The molecule has 1 N–H and O–H groups in total. The van der Waals surface area contributed by atoms with Gasteiger partial charge in [0.2, 0.25) is 5.91 Å². The average molecular weight is 347 g/mol. The van der Waals surface area contributed by atoms with Crippen LogP contribution in [0.15, 0.2) is 36.4 Å². The second-order valence-electron chi connectivity index (χ2n) is 6.77. The molecule has 0 aromatic heterocycles. The zero-order valence-electron chi connectivity index (χ0n) is 13.7. The van der Waals surface area contributed by atoms with Crippen LogP contribution in [0.25, 0.3) is 10.8 Å². The first-order valence-corrected chi connectivity index (χ1v) is 7.71. The molecule has 1 fully saturated rings. The number of hydrazine groups is 1. The van der Waals surface area contributed by atoms with Gasteiger partial charge < -0.3 is 0 Å². The Morgan fingerprint density at radius 2 is 1.84 bits per heavy atom. The smallest absolute Gasteiger partial charge is 0.287 e. The Bertz CT molecular complexity index is 883. The lowest BCUT2D eigenvalue weighted by molar-refractivity contribution is -0.203. The van der Waals surface area contributed by atoms with Gasteiger partial charge in [-0.15, -0.1) is 0 Å². The summed E-state index contributed by atoms with van der Waals surface area (Å²) in [5.41, 5.74) is 1.87. The predicted octanol–water partition coefficient (Wildman–Crippen LogP) is 3.83. The van der Waals surface area contributed by atoms with Crippen LogP contribution >= 0.6 is 0 Å². The number of rotatable bonds is 2. The highest BCUT2D eigenvalue weighted by Crippen LogP contribution is 2.43. The molecule has 1 amide bonds. The van der Waals surface area contributed by atoms with Crippen molar-refractivity contribution in [2.24, 2.45) is 0 Å². The Kier molecular flexibility index (Phi) is 3.96. The van der Waals surface area contributed by atoms with Crippen LogP contribution < -0.4 is 5.43 Å². The van der Waals surface area contributed by atoms with Gasteiger partial charge in [-0.25, -0.2) is 0 Å². The second kappa shape index (κ2) is 5.74. The molecule has 0 bridgehead atoms. The van der Waals surface area contributed by atoms with E-state index in [0.29, 0.717) is 16.3 Å². The maximum atomic E-state index is 13.8. The lowest BCUT2D eigenvalue weighted by Crippen LogP contribution is -2.51. The van der Waals surface area contributed by atoms with E-state index in [1.165, 1.54) is 12.1 Å². The van der Waals surface area contributed by atoms with Gasteiger partial charge in [-0.3, -0.25) is 10.2 Å². The zero-order valence-corrected chi connectivity index (χ0v) is 13.7. The highest BCUT2D eigenvalue weighted by Gasteiger charge is 2.52. The Morgan fingerprint density at radius 3 is 2.40 bits per heavy atom. The number of hydrogen-bond donors (Lipinski definition) is 1. The summed E-state index contributed by atoms with van der Waals surface area (Å²) in [6.07, 6.45) is -4.56.